The Morgan fingerprint density at radius 3 is 2.83 bits per heavy atom. The van der Waals surface area contributed by atoms with E-state index in [1.54, 1.807) is 19.4 Å². The molecule has 2 heterocycles. The van der Waals surface area contributed by atoms with Crippen LogP contribution in [0, 0.1) is 0 Å². The van der Waals surface area contributed by atoms with Crippen LogP contribution in [0.15, 0.2) is 60.5 Å². The van der Waals surface area contributed by atoms with Crippen LogP contribution in [0.3, 0.4) is 0 Å². The fourth-order valence-corrected chi connectivity index (χ4v) is 3.44. The number of halogens is 3. The molecule has 0 aliphatic heterocycles. The van der Waals surface area contributed by atoms with Crippen molar-refractivity contribution in [2.45, 2.75) is 19.0 Å². The molecule has 0 saturated carbocycles. The topological polar surface area (TPSA) is 55.0 Å². The SMILES string of the molecule is COc1cccc(Cc2c[nH]c3ncc(C4=CC=C(C(=O)C(F)(F)F)C4)cc23)c1. The van der Waals surface area contributed by atoms with Gasteiger partial charge in [-0.15, -0.1) is 0 Å². The standard InChI is InChI=1S/C22H17F3N2O2/c1-29-18-4-2-3-13(8-18)7-17-12-27-21-19(17)10-16(11-26-21)14-5-6-15(9-14)20(28)22(23,24)25/h2-6,8,10-12H,7,9H2,1H3,(H,26,27). The predicted octanol–water partition coefficient (Wildman–Crippen LogP) is 5.01. The average molecular weight is 398 g/mol. The van der Waals surface area contributed by atoms with Gasteiger partial charge in [-0.2, -0.15) is 13.2 Å². The number of Topliss-reactive ketones (excluding diaryl/α,β-unsaturated/α-hetero) is 1. The van der Waals surface area contributed by atoms with Gasteiger partial charge in [-0.1, -0.05) is 24.3 Å². The molecule has 2 aromatic heterocycles. The summed E-state index contributed by atoms with van der Waals surface area (Å²) in [7, 11) is 1.61. The molecule has 1 aliphatic carbocycles. The highest BCUT2D eigenvalue weighted by Gasteiger charge is 2.41. The summed E-state index contributed by atoms with van der Waals surface area (Å²) in [5.41, 5.74) is 3.87. The number of aromatic nitrogens is 2. The van der Waals surface area contributed by atoms with E-state index in [-0.39, 0.29) is 12.0 Å². The van der Waals surface area contributed by atoms with Gasteiger partial charge < -0.3 is 9.72 Å². The van der Waals surface area contributed by atoms with E-state index in [2.05, 4.69) is 9.97 Å². The molecule has 3 aromatic rings. The van der Waals surface area contributed by atoms with Crippen LogP contribution in [-0.4, -0.2) is 29.0 Å². The first-order valence-corrected chi connectivity index (χ1v) is 8.95. The van der Waals surface area contributed by atoms with Gasteiger partial charge in [0.15, 0.2) is 0 Å². The molecule has 0 fully saturated rings. The number of hydrogen-bond donors (Lipinski definition) is 1. The van der Waals surface area contributed by atoms with Crippen molar-refractivity contribution in [1.82, 2.24) is 9.97 Å². The molecule has 0 amide bonds. The molecule has 1 aromatic carbocycles. The highest BCUT2D eigenvalue weighted by Crippen LogP contribution is 2.34. The molecule has 148 valence electrons. The number of hydrogen-bond acceptors (Lipinski definition) is 3. The van der Waals surface area contributed by atoms with Crippen molar-refractivity contribution in [3.63, 3.8) is 0 Å². The molecular weight excluding hydrogens is 381 g/mol. The number of methoxy groups -OCH3 is 1. The van der Waals surface area contributed by atoms with Crippen molar-refractivity contribution in [2.24, 2.45) is 0 Å². The van der Waals surface area contributed by atoms with Crippen LogP contribution in [0.1, 0.15) is 23.1 Å². The van der Waals surface area contributed by atoms with E-state index in [4.69, 9.17) is 4.74 Å². The van der Waals surface area contributed by atoms with Gasteiger partial charge >= 0.3 is 6.18 Å². The Balaban J connectivity index is 1.59. The minimum Gasteiger partial charge on any atom is -0.497 e. The second-order valence-electron chi connectivity index (χ2n) is 6.85. The third-order valence-corrected chi connectivity index (χ3v) is 4.93. The number of nitrogens with one attached hydrogen (secondary N) is 1. The lowest BCUT2D eigenvalue weighted by atomic mass is 9.99. The van der Waals surface area contributed by atoms with Crippen molar-refractivity contribution in [2.75, 3.05) is 7.11 Å². The number of allylic oxidation sites excluding steroid dienone is 4. The van der Waals surface area contributed by atoms with Crippen molar-refractivity contribution in [3.8, 4) is 5.75 Å². The summed E-state index contributed by atoms with van der Waals surface area (Å²) in [5, 5.41) is 0.891. The van der Waals surface area contributed by atoms with E-state index in [1.807, 2.05) is 36.5 Å². The second kappa shape index (κ2) is 7.24. The highest BCUT2D eigenvalue weighted by molar-refractivity contribution is 6.03. The van der Waals surface area contributed by atoms with Gasteiger partial charge in [0.2, 0.25) is 0 Å². The molecule has 7 heteroatoms. The Kier molecular flexibility index (Phi) is 4.74. The number of rotatable bonds is 5. The smallest absolute Gasteiger partial charge is 0.454 e. The second-order valence-corrected chi connectivity index (χ2v) is 6.85. The van der Waals surface area contributed by atoms with Crippen LogP contribution < -0.4 is 4.74 Å². The summed E-state index contributed by atoms with van der Waals surface area (Å²) in [4.78, 5) is 19.0. The monoisotopic (exact) mass is 398 g/mol. The van der Waals surface area contributed by atoms with E-state index in [9.17, 15) is 18.0 Å². The van der Waals surface area contributed by atoms with Gasteiger partial charge in [-0.05, 0) is 46.9 Å². The number of fused-ring (bicyclic) bond motifs is 1. The maximum absolute atomic E-state index is 12.7. The van der Waals surface area contributed by atoms with Crippen molar-refractivity contribution in [3.05, 3.63) is 77.1 Å². The largest absolute Gasteiger partial charge is 0.497 e. The van der Waals surface area contributed by atoms with Crippen LogP contribution in [-0.2, 0) is 11.2 Å². The maximum atomic E-state index is 12.7. The van der Waals surface area contributed by atoms with Gasteiger partial charge in [0.25, 0.3) is 5.78 Å². The molecule has 0 radical (unpaired) electrons. The first-order valence-electron chi connectivity index (χ1n) is 8.95. The number of pyridine rings is 1. The molecule has 4 rings (SSSR count). The molecule has 0 atom stereocenters. The number of carbonyl (C=O) groups excluding carboxylic acids is 1. The zero-order chi connectivity index (χ0) is 20.6. The molecule has 0 bridgehead atoms. The number of aromatic amines is 1. The maximum Gasteiger partial charge on any atom is 0.454 e. The number of carbonyl (C=O) groups is 1. The van der Waals surface area contributed by atoms with Crippen LogP contribution in [0.5, 0.6) is 5.75 Å². The van der Waals surface area contributed by atoms with Crippen LogP contribution in [0.25, 0.3) is 16.6 Å². The van der Waals surface area contributed by atoms with Crippen LogP contribution in [0.4, 0.5) is 13.2 Å². The summed E-state index contributed by atoms with van der Waals surface area (Å²) < 4.78 is 43.3. The third kappa shape index (κ3) is 3.81. The fraction of sp³-hybridized carbons (Fsp3) is 0.182. The predicted molar refractivity (Wildman–Crippen MR) is 104 cm³/mol. The third-order valence-electron chi connectivity index (χ3n) is 4.93. The number of alkyl halides is 3. The first kappa shape index (κ1) is 19.0. The quantitative estimate of drug-likeness (QED) is 0.658. The molecule has 0 unspecified atom stereocenters. The minimum atomic E-state index is -4.86. The highest BCUT2D eigenvalue weighted by atomic mass is 19.4. The molecule has 1 aliphatic rings. The molecule has 0 spiro atoms. The van der Waals surface area contributed by atoms with Gasteiger partial charge in [0, 0.05) is 29.8 Å². The zero-order valence-corrected chi connectivity index (χ0v) is 15.5. The van der Waals surface area contributed by atoms with E-state index < -0.39 is 12.0 Å². The Morgan fingerprint density at radius 2 is 2.07 bits per heavy atom. The van der Waals surface area contributed by atoms with E-state index >= 15 is 0 Å². The minimum absolute atomic E-state index is 0.0544. The fourth-order valence-electron chi connectivity index (χ4n) is 3.44. The Morgan fingerprint density at radius 1 is 1.24 bits per heavy atom. The summed E-state index contributed by atoms with van der Waals surface area (Å²) in [6.45, 7) is 0. The first-order chi connectivity index (χ1) is 13.8. The molecule has 1 N–H and O–H groups in total. The van der Waals surface area contributed by atoms with Crippen LogP contribution in [0.2, 0.25) is 0 Å². The summed E-state index contributed by atoms with van der Waals surface area (Å²) in [5.74, 6) is -1.02. The van der Waals surface area contributed by atoms with E-state index in [1.165, 1.54) is 6.08 Å². The van der Waals surface area contributed by atoms with Gasteiger partial charge in [-0.25, -0.2) is 4.98 Å². The number of nitrogens with zero attached hydrogens (tertiary/aromatic N) is 1. The average Bonchev–Trinajstić information content (AvgIpc) is 3.34. The van der Waals surface area contributed by atoms with Crippen LogP contribution >= 0.6 is 0 Å². The normalized spacial score (nSPS) is 14.1. The molecule has 29 heavy (non-hydrogen) atoms. The number of benzene rings is 1. The van der Waals surface area contributed by atoms with Crippen molar-refractivity contribution < 1.29 is 22.7 Å². The number of H-pyrrole nitrogens is 1. The molecular formula is C22H17F3N2O2. The van der Waals surface area contributed by atoms with Crippen molar-refractivity contribution >= 4 is 22.4 Å². The summed E-state index contributed by atoms with van der Waals surface area (Å²) >= 11 is 0. The molecule has 0 saturated heterocycles. The van der Waals surface area contributed by atoms with Crippen molar-refractivity contribution in [1.29, 1.82) is 0 Å². The number of ether oxygens (including phenoxy) is 1. The van der Waals surface area contributed by atoms with E-state index in [0.717, 1.165) is 22.3 Å². The Labute approximate surface area is 164 Å². The Bertz CT molecular complexity index is 1160. The van der Waals surface area contributed by atoms with Gasteiger partial charge in [0.1, 0.15) is 11.4 Å². The van der Waals surface area contributed by atoms with Gasteiger partial charge in [0.05, 0.1) is 7.11 Å². The lowest BCUT2D eigenvalue weighted by molar-refractivity contribution is -0.166. The molecule has 4 nitrogen and oxygen atoms in total. The van der Waals surface area contributed by atoms with E-state index in [0.29, 0.717) is 23.2 Å². The summed E-state index contributed by atoms with van der Waals surface area (Å²) in [6.07, 6.45) is 2.01. The zero-order valence-electron chi connectivity index (χ0n) is 15.5. The van der Waals surface area contributed by atoms with Gasteiger partial charge in [-0.3, -0.25) is 4.79 Å². The lowest BCUT2D eigenvalue weighted by Crippen LogP contribution is -2.24. The lowest BCUT2D eigenvalue weighted by Gasteiger charge is -2.08. The Hall–Kier alpha value is -3.35. The number of ketones is 1. The summed E-state index contributed by atoms with van der Waals surface area (Å²) in [6, 6.07) is 9.64.